The molecule has 0 aromatic rings. The fourth-order valence-corrected chi connectivity index (χ4v) is 1.60. The average Bonchev–Trinajstić information content (AvgIpc) is 2.72. The van der Waals surface area contributed by atoms with Gasteiger partial charge in [0.25, 0.3) is 0 Å². The van der Waals surface area contributed by atoms with Gasteiger partial charge in [0.05, 0.1) is 13.7 Å². The normalized spacial score (nSPS) is 8.79. The Morgan fingerprint density at radius 2 is 1.48 bits per heavy atom. The van der Waals surface area contributed by atoms with Crippen molar-refractivity contribution in [3.63, 3.8) is 0 Å². The summed E-state index contributed by atoms with van der Waals surface area (Å²) in [6.45, 7) is 22.2. The Balaban J connectivity index is -0.000000178. The average molecular weight is 470 g/mol. The molecule has 0 saturated heterocycles. The van der Waals surface area contributed by atoms with Gasteiger partial charge in [0, 0.05) is 29.7 Å². The number of nitrogens with one attached hydrogen (secondary N) is 1. The molecule has 0 bridgehead atoms. The van der Waals surface area contributed by atoms with Gasteiger partial charge < -0.3 is 19.9 Å². The van der Waals surface area contributed by atoms with Crippen LogP contribution in [0.15, 0.2) is 50.1 Å². The fraction of sp³-hybridized carbons (Fsp3) is 0.458. The van der Waals surface area contributed by atoms with E-state index in [0.29, 0.717) is 18.6 Å². The molecule has 1 amide bonds. The zero-order valence-corrected chi connectivity index (χ0v) is 20.7. The lowest BCUT2D eigenvalue weighted by atomic mass is 9.98. The molecule has 9 nitrogen and oxygen atoms in total. The molecule has 0 aromatic carbocycles. The number of hydrogen-bond acceptors (Lipinski definition) is 7. The molecule has 0 heterocycles. The summed E-state index contributed by atoms with van der Waals surface area (Å²) in [5.74, 6) is -1.85. The number of hydrogen-bond donors (Lipinski definition) is 2. The number of carbonyl (C=O) groups is 5. The van der Waals surface area contributed by atoms with E-state index >= 15 is 0 Å². The van der Waals surface area contributed by atoms with Crippen LogP contribution in [0, 0.1) is 0 Å². The van der Waals surface area contributed by atoms with Crippen LogP contribution in [0.1, 0.15) is 53.9 Å². The van der Waals surface area contributed by atoms with Crippen molar-refractivity contribution in [2.75, 3.05) is 13.7 Å². The van der Waals surface area contributed by atoms with Gasteiger partial charge in [0.2, 0.25) is 5.91 Å². The molecule has 0 saturated carbocycles. The van der Waals surface area contributed by atoms with Crippen molar-refractivity contribution in [1.82, 2.24) is 5.32 Å². The molecule has 0 aliphatic heterocycles. The minimum absolute atomic E-state index is 0.0596. The smallest absolute Gasteiger partial charge is 0.332 e. The highest BCUT2D eigenvalue weighted by Gasteiger charge is 2.20. The van der Waals surface area contributed by atoms with Gasteiger partial charge in [-0.2, -0.15) is 0 Å². The van der Waals surface area contributed by atoms with E-state index in [0.717, 1.165) is 18.9 Å². The molecule has 0 radical (unpaired) electrons. The molecular weight excluding hydrogens is 430 g/mol. The highest BCUT2D eigenvalue weighted by molar-refractivity contribution is 5.88. The Labute approximate surface area is 197 Å². The highest BCUT2D eigenvalue weighted by Crippen LogP contribution is 2.08. The third kappa shape index (κ3) is 36.3. The van der Waals surface area contributed by atoms with Crippen LogP contribution in [0.25, 0.3) is 0 Å². The standard InChI is InChI=1S/C9H15NO2.C7H12O2.C5H8O2.C3H4O2/c1-5-8(12)10-9(3,4)6-7(2)11;1-3-5-6-9-7(8)4-2;1-4(2)5(6)7-3;1-2-3(4)5/h5H,1,6H2,2-4H3,(H,10,12);4H,2-3,5-6H2,1H3;1H2,2-3H3;2H,1H2,(H,4,5). The zero-order chi connectivity index (χ0) is 27.0. The number of Topliss-reactive ketones (excluding diaryl/α,β-unsaturated/α-hetero) is 1. The molecule has 9 heteroatoms. The molecule has 33 heavy (non-hydrogen) atoms. The topological polar surface area (TPSA) is 136 Å². The van der Waals surface area contributed by atoms with Crippen LogP contribution in [0.2, 0.25) is 0 Å². The molecule has 0 aliphatic carbocycles. The number of aliphatic carboxylic acids is 1. The quantitative estimate of drug-likeness (QED) is 0.282. The first kappa shape index (κ1) is 36.9. The number of carbonyl (C=O) groups excluding carboxylic acids is 4. The minimum atomic E-state index is -0.981. The van der Waals surface area contributed by atoms with E-state index in [1.54, 1.807) is 20.8 Å². The van der Waals surface area contributed by atoms with Crippen LogP contribution < -0.4 is 5.32 Å². The molecular formula is C24H39NO8. The van der Waals surface area contributed by atoms with Crippen LogP contribution in [-0.4, -0.2) is 54.0 Å². The summed E-state index contributed by atoms with van der Waals surface area (Å²) in [7, 11) is 1.33. The van der Waals surface area contributed by atoms with Crippen LogP contribution in [0.4, 0.5) is 0 Å². The number of carboxylic acid groups (broad SMARTS) is 1. The van der Waals surface area contributed by atoms with Gasteiger partial charge in [-0.1, -0.05) is 39.7 Å². The van der Waals surface area contributed by atoms with E-state index in [1.807, 2.05) is 6.92 Å². The first-order chi connectivity index (χ1) is 15.1. The summed E-state index contributed by atoms with van der Waals surface area (Å²) in [6.07, 6.45) is 5.52. The van der Waals surface area contributed by atoms with Crippen LogP contribution in [-0.2, 0) is 33.4 Å². The van der Waals surface area contributed by atoms with E-state index in [9.17, 15) is 24.0 Å². The van der Waals surface area contributed by atoms with Gasteiger partial charge in [-0.3, -0.25) is 9.59 Å². The highest BCUT2D eigenvalue weighted by atomic mass is 16.5. The van der Waals surface area contributed by atoms with Crippen molar-refractivity contribution in [3.8, 4) is 0 Å². The largest absolute Gasteiger partial charge is 0.478 e. The van der Waals surface area contributed by atoms with Gasteiger partial charge in [0.15, 0.2) is 0 Å². The van der Waals surface area contributed by atoms with Gasteiger partial charge in [0.1, 0.15) is 5.78 Å². The first-order valence-corrected chi connectivity index (χ1v) is 9.96. The number of unbranched alkanes of at least 4 members (excludes halogenated alkanes) is 1. The lowest BCUT2D eigenvalue weighted by Crippen LogP contribution is -2.43. The summed E-state index contributed by atoms with van der Waals surface area (Å²) in [4.78, 5) is 51.4. The Hall–Kier alpha value is -3.49. The van der Waals surface area contributed by atoms with Crippen molar-refractivity contribution in [2.45, 2.75) is 59.4 Å². The maximum atomic E-state index is 10.9. The first-order valence-electron chi connectivity index (χ1n) is 9.96. The van der Waals surface area contributed by atoms with Gasteiger partial charge in [-0.15, -0.1) is 0 Å². The van der Waals surface area contributed by atoms with E-state index < -0.39 is 11.5 Å². The van der Waals surface area contributed by atoms with Crippen molar-refractivity contribution >= 4 is 29.6 Å². The zero-order valence-electron chi connectivity index (χ0n) is 20.7. The predicted octanol–water partition coefficient (Wildman–Crippen LogP) is 3.55. The number of esters is 2. The minimum Gasteiger partial charge on any atom is -0.478 e. The summed E-state index contributed by atoms with van der Waals surface area (Å²) >= 11 is 0. The molecule has 188 valence electrons. The second kappa shape index (κ2) is 23.2. The second-order valence-corrected chi connectivity index (χ2v) is 7.00. The van der Waals surface area contributed by atoms with Gasteiger partial charge in [-0.05, 0) is 40.2 Å². The molecule has 2 N–H and O–H groups in total. The molecule has 0 aromatic heterocycles. The van der Waals surface area contributed by atoms with Crippen LogP contribution in [0.5, 0.6) is 0 Å². The lowest BCUT2D eigenvalue weighted by molar-refractivity contribution is -0.138. The van der Waals surface area contributed by atoms with E-state index in [2.05, 4.69) is 41.1 Å². The molecule has 0 atom stereocenters. The number of ketones is 1. The van der Waals surface area contributed by atoms with E-state index in [1.165, 1.54) is 26.2 Å². The van der Waals surface area contributed by atoms with Crippen molar-refractivity contribution < 1.29 is 38.6 Å². The predicted molar refractivity (Wildman–Crippen MR) is 128 cm³/mol. The van der Waals surface area contributed by atoms with E-state index in [4.69, 9.17) is 5.11 Å². The number of amides is 1. The van der Waals surface area contributed by atoms with Crippen LogP contribution >= 0.6 is 0 Å². The molecule has 0 spiro atoms. The monoisotopic (exact) mass is 469 g/mol. The van der Waals surface area contributed by atoms with Crippen molar-refractivity contribution in [2.24, 2.45) is 0 Å². The maximum absolute atomic E-state index is 10.9. The number of carboxylic acids is 1. The summed E-state index contributed by atoms with van der Waals surface area (Å²) < 4.78 is 8.95. The Morgan fingerprint density at radius 3 is 1.73 bits per heavy atom. The molecule has 0 unspecified atom stereocenters. The number of ether oxygens (including phenoxy) is 2. The Morgan fingerprint density at radius 1 is 1.00 bits per heavy atom. The third-order valence-corrected chi connectivity index (χ3v) is 2.96. The molecule has 0 rings (SSSR count). The Bertz CT molecular complexity index is 678. The number of methoxy groups -OCH3 is 1. The Kier molecular flexibility index (Phi) is 25.9. The van der Waals surface area contributed by atoms with Crippen LogP contribution in [0.3, 0.4) is 0 Å². The summed E-state index contributed by atoms with van der Waals surface area (Å²) in [5, 5.41) is 10.3. The summed E-state index contributed by atoms with van der Waals surface area (Å²) in [6, 6.07) is 0. The molecule has 0 aliphatic rings. The SMILES string of the molecule is C=C(C)C(=O)OC.C=CC(=O)NC(C)(C)CC(C)=O.C=CC(=O)O.C=CC(=O)OCCCC. The van der Waals surface area contributed by atoms with Crippen molar-refractivity contribution in [1.29, 1.82) is 0 Å². The second-order valence-electron chi connectivity index (χ2n) is 7.00. The molecule has 0 fully saturated rings. The lowest BCUT2D eigenvalue weighted by Gasteiger charge is -2.23. The van der Waals surface area contributed by atoms with E-state index in [-0.39, 0.29) is 23.6 Å². The van der Waals surface area contributed by atoms with Gasteiger partial charge in [-0.25, -0.2) is 14.4 Å². The fourth-order valence-electron chi connectivity index (χ4n) is 1.60. The third-order valence-electron chi connectivity index (χ3n) is 2.96. The summed E-state index contributed by atoms with van der Waals surface area (Å²) in [5.41, 5.74) is -0.0422. The maximum Gasteiger partial charge on any atom is 0.332 e. The van der Waals surface area contributed by atoms with Crippen molar-refractivity contribution in [3.05, 3.63) is 50.1 Å². The van der Waals surface area contributed by atoms with Gasteiger partial charge >= 0.3 is 17.9 Å². The number of rotatable bonds is 10.